The lowest BCUT2D eigenvalue weighted by Crippen LogP contribution is -2.47. The molecule has 0 spiro atoms. The van der Waals surface area contributed by atoms with Crippen LogP contribution in [0.1, 0.15) is 35.6 Å². The molecule has 106 valence electrons. The Kier molecular flexibility index (Phi) is 4.11. The number of aryl methyl sites for hydroxylation is 1. The van der Waals surface area contributed by atoms with Crippen molar-refractivity contribution in [2.45, 2.75) is 39.9 Å². The van der Waals surface area contributed by atoms with E-state index in [0.29, 0.717) is 6.54 Å². The fourth-order valence-electron chi connectivity index (χ4n) is 2.84. The van der Waals surface area contributed by atoms with Crippen molar-refractivity contribution in [2.24, 2.45) is 7.05 Å². The molecule has 2 heterocycles. The molecule has 1 aliphatic heterocycles. The van der Waals surface area contributed by atoms with Crippen molar-refractivity contribution in [3.05, 3.63) is 23.0 Å². The summed E-state index contributed by atoms with van der Waals surface area (Å²) in [5, 5.41) is 0. The maximum Gasteiger partial charge on any atom is 0.178 e. The minimum atomic E-state index is 0.204. The number of hydrogen-bond acceptors (Lipinski definition) is 3. The SMILES string of the molecule is Cc1cc(C(=O)CN2CC(C)OC(C)C2)c(C)n1C. The Labute approximate surface area is 115 Å². The molecule has 0 saturated carbocycles. The third-order valence-electron chi connectivity index (χ3n) is 3.94. The van der Waals surface area contributed by atoms with Crippen LogP contribution in [0, 0.1) is 13.8 Å². The third kappa shape index (κ3) is 3.07. The number of hydrogen-bond donors (Lipinski definition) is 0. The zero-order chi connectivity index (χ0) is 14.2. The van der Waals surface area contributed by atoms with E-state index < -0.39 is 0 Å². The summed E-state index contributed by atoms with van der Waals surface area (Å²) < 4.78 is 7.76. The second-order valence-corrected chi connectivity index (χ2v) is 5.72. The fourth-order valence-corrected chi connectivity index (χ4v) is 2.84. The van der Waals surface area contributed by atoms with E-state index in [4.69, 9.17) is 4.74 Å². The first-order valence-corrected chi connectivity index (χ1v) is 6.92. The van der Waals surface area contributed by atoms with Gasteiger partial charge in [0.1, 0.15) is 0 Å². The summed E-state index contributed by atoms with van der Waals surface area (Å²) in [5.74, 6) is 0.211. The Hall–Kier alpha value is -1.13. The maximum absolute atomic E-state index is 12.4. The monoisotopic (exact) mass is 264 g/mol. The van der Waals surface area contributed by atoms with E-state index in [-0.39, 0.29) is 18.0 Å². The van der Waals surface area contributed by atoms with Crippen LogP contribution in [0.3, 0.4) is 0 Å². The molecule has 2 atom stereocenters. The van der Waals surface area contributed by atoms with Crippen LogP contribution >= 0.6 is 0 Å². The summed E-state index contributed by atoms with van der Waals surface area (Å²) in [5.41, 5.74) is 3.04. The topological polar surface area (TPSA) is 34.5 Å². The van der Waals surface area contributed by atoms with Gasteiger partial charge in [-0.05, 0) is 33.8 Å². The van der Waals surface area contributed by atoms with Crippen molar-refractivity contribution in [3.63, 3.8) is 0 Å². The van der Waals surface area contributed by atoms with Crippen molar-refractivity contribution in [3.8, 4) is 0 Å². The molecule has 1 fully saturated rings. The molecule has 1 saturated heterocycles. The third-order valence-corrected chi connectivity index (χ3v) is 3.94. The van der Waals surface area contributed by atoms with E-state index in [1.165, 1.54) is 0 Å². The molecule has 4 nitrogen and oxygen atoms in total. The summed E-state index contributed by atoms with van der Waals surface area (Å²) in [4.78, 5) is 14.6. The molecule has 0 aliphatic carbocycles. The Balaban J connectivity index is 2.06. The van der Waals surface area contributed by atoms with Crippen molar-refractivity contribution in [1.29, 1.82) is 0 Å². The molecule has 1 aromatic rings. The summed E-state index contributed by atoms with van der Waals surface area (Å²) in [6.07, 6.45) is 0.408. The van der Waals surface area contributed by atoms with Crippen LogP contribution in [0.4, 0.5) is 0 Å². The van der Waals surface area contributed by atoms with Gasteiger partial charge in [0.15, 0.2) is 5.78 Å². The molecule has 1 aliphatic rings. The quantitative estimate of drug-likeness (QED) is 0.782. The van der Waals surface area contributed by atoms with Crippen molar-refractivity contribution < 1.29 is 9.53 Å². The Morgan fingerprint density at radius 1 is 1.32 bits per heavy atom. The minimum absolute atomic E-state index is 0.204. The number of ether oxygens (including phenoxy) is 1. The highest BCUT2D eigenvalue weighted by Crippen LogP contribution is 2.16. The lowest BCUT2D eigenvalue weighted by molar-refractivity contribution is -0.0652. The van der Waals surface area contributed by atoms with Gasteiger partial charge >= 0.3 is 0 Å². The van der Waals surface area contributed by atoms with Gasteiger partial charge in [0.25, 0.3) is 0 Å². The van der Waals surface area contributed by atoms with Gasteiger partial charge in [-0.2, -0.15) is 0 Å². The van der Waals surface area contributed by atoms with E-state index in [1.54, 1.807) is 0 Å². The molecule has 0 N–H and O–H groups in total. The number of nitrogens with zero attached hydrogens (tertiary/aromatic N) is 2. The van der Waals surface area contributed by atoms with Gasteiger partial charge in [0.2, 0.25) is 0 Å². The molecule has 2 unspecified atom stereocenters. The fraction of sp³-hybridized carbons (Fsp3) is 0.667. The molecule has 2 rings (SSSR count). The minimum Gasteiger partial charge on any atom is -0.373 e. The summed E-state index contributed by atoms with van der Waals surface area (Å²) >= 11 is 0. The second-order valence-electron chi connectivity index (χ2n) is 5.72. The van der Waals surface area contributed by atoms with E-state index in [9.17, 15) is 4.79 Å². The predicted molar refractivity (Wildman–Crippen MR) is 75.7 cm³/mol. The summed E-state index contributed by atoms with van der Waals surface area (Å²) in [6, 6.07) is 1.99. The van der Waals surface area contributed by atoms with Gasteiger partial charge in [-0.3, -0.25) is 9.69 Å². The molecular formula is C15H24N2O2. The Morgan fingerprint density at radius 2 is 1.89 bits per heavy atom. The zero-order valence-electron chi connectivity index (χ0n) is 12.6. The lowest BCUT2D eigenvalue weighted by atomic mass is 10.1. The number of carbonyl (C=O) groups is 1. The van der Waals surface area contributed by atoms with Crippen LogP contribution in [0.15, 0.2) is 6.07 Å². The van der Waals surface area contributed by atoms with Gasteiger partial charge in [-0.15, -0.1) is 0 Å². The van der Waals surface area contributed by atoms with Gasteiger partial charge < -0.3 is 9.30 Å². The van der Waals surface area contributed by atoms with E-state index in [1.807, 2.05) is 27.0 Å². The first-order valence-electron chi connectivity index (χ1n) is 6.92. The van der Waals surface area contributed by atoms with Gasteiger partial charge in [0.05, 0.1) is 18.8 Å². The first-order chi connectivity index (χ1) is 8.88. The number of aromatic nitrogens is 1. The molecule has 0 radical (unpaired) electrons. The normalized spacial score (nSPS) is 24.7. The molecule has 1 aromatic heterocycles. The molecule has 4 heteroatoms. The van der Waals surface area contributed by atoms with E-state index in [0.717, 1.165) is 30.0 Å². The highest BCUT2D eigenvalue weighted by Gasteiger charge is 2.25. The summed E-state index contributed by atoms with van der Waals surface area (Å²) in [6.45, 7) is 10.3. The highest BCUT2D eigenvalue weighted by atomic mass is 16.5. The Morgan fingerprint density at radius 3 is 2.37 bits per heavy atom. The Bertz CT molecular complexity index is 469. The predicted octanol–water partition coefficient (Wildman–Crippen LogP) is 1.93. The van der Waals surface area contributed by atoms with Gasteiger partial charge in [0, 0.05) is 37.1 Å². The van der Waals surface area contributed by atoms with Crippen LogP contribution in [0.25, 0.3) is 0 Å². The number of Topliss-reactive ketones (excluding diaryl/α,β-unsaturated/α-hetero) is 1. The number of morpholine rings is 1. The first kappa shape index (κ1) is 14.3. The van der Waals surface area contributed by atoms with Crippen LogP contribution in [0.2, 0.25) is 0 Å². The van der Waals surface area contributed by atoms with Crippen molar-refractivity contribution in [2.75, 3.05) is 19.6 Å². The average Bonchev–Trinajstić information content (AvgIpc) is 2.55. The van der Waals surface area contributed by atoms with Crippen LogP contribution in [-0.4, -0.2) is 47.1 Å². The van der Waals surface area contributed by atoms with Crippen molar-refractivity contribution >= 4 is 5.78 Å². The van der Waals surface area contributed by atoms with Crippen LogP contribution in [-0.2, 0) is 11.8 Å². The van der Waals surface area contributed by atoms with Crippen LogP contribution in [0.5, 0.6) is 0 Å². The average molecular weight is 264 g/mol. The maximum atomic E-state index is 12.4. The number of carbonyl (C=O) groups excluding carboxylic acids is 1. The second kappa shape index (κ2) is 5.47. The van der Waals surface area contributed by atoms with Crippen molar-refractivity contribution in [1.82, 2.24) is 9.47 Å². The van der Waals surface area contributed by atoms with Crippen LogP contribution < -0.4 is 0 Å². The largest absolute Gasteiger partial charge is 0.373 e. The zero-order valence-corrected chi connectivity index (χ0v) is 12.6. The number of ketones is 1. The standard InChI is InChI=1S/C15H24N2O2/c1-10-6-14(13(4)16(10)5)15(18)9-17-7-11(2)19-12(3)8-17/h6,11-12H,7-9H2,1-5H3. The lowest BCUT2D eigenvalue weighted by Gasteiger charge is -2.34. The van der Waals surface area contributed by atoms with Gasteiger partial charge in [-0.25, -0.2) is 0 Å². The van der Waals surface area contributed by atoms with E-state index in [2.05, 4.69) is 23.3 Å². The molecule has 0 amide bonds. The molecule has 0 bridgehead atoms. The van der Waals surface area contributed by atoms with E-state index >= 15 is 0 Å². The highest BCUT2D eigenvalue weighted by molar-refractivity contribution is 5.99. The molecule has 0 aromatic carbocycles. The summed E-state index contributed by atoms with van der Waals surface area (Å²) in [7, 11) is 2.00. The molecule has 19 heavy (non-hydrogen) atoms. The smallest absolute Gasteiger partial charge is 0.178 e. The number of rotatable bonds is 3. The molecular weight excluding hydrogens is 240 g/mol. The van der Waals surface area contributed by atoms with Gasteiger partial charge in [-0.1, -0.05) is 0 Å².